The van der Waals surface area contributed by atoms with E-state index >= 15 is 0 Å². The van der Waals surface area contributed by atoms with E-state index < -0.39 is 6.16 Å². The van der Waals surface area contributed by atoms with Crippen molar-refractivity contribution >= 4 is 17.8 Å². The largest absolute Gasteiger partial charge is 0.509 e. The lowest BCUT2D eigenvalue weighted by atomic mass is 10.1. The normalized spacial score (nSPS) is 12.2. The van der Waals surface area contributed by atoms with E-state index in [-0.39, 0.29) is 12.2 Å². The Balaban J connectivity index is 3.38. The topological polar surface area (TPSA) is 35.5 Å². The molecule has 0 aliphatic heterocycles. The van der Waals surface area contributed by atoms with E-state index in [9.17, 15) is 4.79 Å². The van der Waals surface area contributed by atoms with E-state index in [4.69, 9.17) is 16.3 Å². The maximum Gasteiger partial charge on any atom is 0.509 e. The highest BCUT2D eigenvalue weighted by molar-refractivity contribution is 6.17. The molecule has 0 saturated heterocycles. The zero-order chi connectivity index (χ0) is 10.1. The van der Waals surface area contributed by atoms with Gasteiger partial charge in [0.05, 0.1) is 0 Å². The molecule has 0 spiro atoms. The summed E-state index contributed by atoms with van der Waals surface area (Å²) in [4.78, 5) is 10.8. The second kappa shape index (κ2) is 8.17. The Morgan fingerprint density at radius 2 is 2.15 bits per heavy atom. The molecule has 0 aromatic rings. The van der Waals surface area contributed by atoms with Crippen LogP contribution in [0.1, 0.15) is 39.5 Å². The minimum absolute atomic E-state index is 0.0812. The maximum atomic E-state index is 10.8. The zero-order valence-electron chi connectivity index (χ0n) is 8.22. The average Bonchev–Trinajstić information content (AvgIpc) is 2.05. The summed E-state index contributed by atoms with van der Waals surface area (Å²) in [5.41, 5.74) is 0. The Morgan fingerprint density at radius 1 is 1.46 bits per heavy atom. The van der Waals surface area contributed by atoms with Crippen molar-refractivity contribution in [2.75, 3.05) is 6.07 Å². The second-order valence-corrected chi connectivity index (χ2v) is 3.15. The molecule has 0 aromatic heterocycles. The number of carbonyl (C=O) groups excluding carboxylic acids is 1. The summed E-state index contributed by atoms with van der Waals surface area (Å²) in [6, 6.07) is -0.152. The molecule has 4 heteroatoms. The molecule has 0 radical (unpaired) electrons. The predicted molar refractivity (Wildman–Crippen MR) is 51.9 cm³/mol. The van der Waals surface area contributed by atoms with Gasteiger partial charge >= 0.3 is 6.16 Å². The Morgan fingerprint density at radius 3 is 2.69 bits per heavy atom. The van der Waals surface area contributed by atoms with Crippen LogP contribution in [0, 0.1) is 0 Å². The van der Waals surface area contributed by atoms with Crippen LogP contribution in [0.3, 0.4) is 0 Å². The molecule has 0 bridgehead atoms. The molecule has 0 aromatic carbocycles. The van der Waals surface area contributed by atoms with E-state index in [1.807, 2.05) is 6.92 Å². The van der Waals surface area contributed by atoms with Crippen LogP contribution in [-0.4, -0.2) is 18.3 Å². The Labute approximate surface area is 84.4 Å². The quantitative estimate of drug-likeness (QED) is 0.382. The first-order chi connectivity index (χ1) is 6.20. The Kier molecular flexibility index (Phi) is 7.90. The molecule has 0 saturated carbocycles. The zero-order valence-corrected chi connectivity index (χ0v) is 8.97. The molecule has 3 nitrogen and oxygen atoms in total. The molecule has 0 amide bonds. The number of alkyl halides is 1. The second-order valence-electron chi connectivity index (χ2n) is 2.93. The number of carbonyl (C=O) groups is 1. The van der Waals surface area contributed by atoms with E-state index in [0.29, 0.717) is 0 Å². The van der Waals surface area contributed by atoms with Crippen molar-refractivity contribution in [3.8, 4) is 0 Å². The highest BCUT2D eigenvalue weighted by Gasteiger charge is 2.09. The third-order valence-electron chi connectivity index (χ3n) is 1.68. The first kappa shape index (κ1) is 12.6. The van der Waals surface area contributed by atoms with Gasteiger partial charge in [0, 0.05) is 0 Å². The van der Waals surface area contributed by atoms with Gasteiger partial charge in [0.25, 0.3) is 0 Å². The third-order valence-corrected chi connectivity index (χ3v) is 1.79. The van der Waals surface area contributed by atoms with Crippen molar-refractivity contribution < 1.29 is 14.3 Å². The molecule has 1 atom stereocenters. The van der Waals surface area contributed by atoms with Crippen LogP contribution in [0.15, 0.2) is 0 Å². The summed E-state index contributed by atoms with van der Waals surface area (Å²) < 4.78 is 9.31. The van der Waals surface area contributed by atoms with Gasteiger partial charge in [-0.15, -0.1) is 0 Å². The fourth-order valence-electron chi connectivity index (χ4n) is 0.984. The first-order valence-electron chi connectivity index (χ1n) is 4.60. The van der Waals surface area contributed by atoms with Crippen molar-refractivity contribution in [2.45, 2.75) is 45.6 Å². The summed E-state index contributed by atoms with van der Waals surface area (Å²) >= 11 is 5.18. The van der Waals surface area contributed by atoms with Gasteiger partial charge in [-0.3, -0.25) is 0 Å². The summed E-state index contributed by atoms with van der Waals surface area (Å²) in [5.74, 6) is 0. The van der Waals surface area contributed by atoms with Gasteiger partial charge in [0.1, 0.15) is 6.10 Å². The minimum Gasteiger partial charge on any atom is -0.431 e. The molecule has 0 heterocycles. The maximum absolute atomic E-state index is 10.8. The highest BCUT2D eigenvalue weighted by atomic mass is 35.5. The van der Waals surface area contributed by atoms with Crippen molar-refractivity contribution in [3.05, 3.63) is 0 Å². The molecule has 78 valence electrons. The van der Waals surface area contributed by atoms with E-state index in [2.05, 4.69) is 11.7 Å². The number of hydrogen-bond donors (Lipinski definition) is 0. The van der Waals surface area contributed by atoms with Crippen LogP contribution >= 0.6 is 11.6 Å². The van der Waals surface area contributed by atoms with Crippen molar-refractivity contribution in [1.29, 1.82) is 0 Å². The van der Waals surface area contributed by atoms with Gasteiger partial charge in [0.15, 0.2) is 6.07 Å². The SMILES string of the molecule is CCCCCC(C)OC(=O)OCCl. The fourth-order valence-corrected chi connectivity index (χ4v) is 1.07. The number of unbranched alkanes of at least 4 members (excludes halogenated alkanes) is 2. The first-order valence-corrected chi connectivity index (χ1v) is 5.13. The minimum atomic E-state index is -0.681. The summed E-state index contributed by atoms with van der Waals surface area (Å²) in [6.07, 6.45) is 3.52. The van der Waals surface area contributed by atoms with Gasteiger partial charge in [-0.2, -0.15) is 0 Å². The summed E-state index contributed by atoms with van der Waals surface area (Å²) in [5, 5.41) is 0. The molecular formula is C9H17ClO3. The lowest BCUT2D eigenvalue weighted by Gasteiger charge is -2.11. The van der Waals surface area contributed by atoms with Crippen LogP contribution in [-0.2, 0) is 9.47 Å². The molecule has 0 rings (SSSR count). The van der Waals surface area contributed by atoms with Gasteiger partial charge in [-0.1, -0.05) is 31.4 Å². The molecule has 13 heavy (non-hydrogen) atoms. The Bertz CT molecular complexity index is 139. The van der Waals surface area contributed by atoms with Gasteiger partial charge in [0.2, 0.25) is 0 Å². The van der Waals surface area contributed by atoms with Crippen LogP contribution in [0.5, 0.6) is 0 Å². The summed E-state index contributed by atoms with van der Waals surface area (Å²) in [6.45, 7) is 3.98. The molecule has 0 fully saturated rings. The number of ether oxygens (including phenoxy) is 2. The lowest BCUT2D eigenvalue weighted by molar-refractivity contribution is 0.0358. The predicted octanol–water partition coefficient (Wildman–Crippen LogP) is 3.30. The van der Waals surface area contributed by atoms with E-state index in [1.54, 1.807) is 0 Å². The highest BCUT2D eigenvalue weighted by Crippen LogP contribution is 2.07. The molecule has 1 unspecified atom stereocenters. The monoisotopic (exact) mass is 208 g/mol. The van der Waals surface area contributed by atoms with E-state index in [1.165, 1.54) is 6.42 Å². The lowest BCUT2D eigenvalue weighted by Crippen LogP contribution is -2.15. The summed E-state index contributed by atoms with van der Waals surface area (Å²) in [7, 11) is 0. The molecular weight excluding hydrogens is 192 g/mol. The van der Waals surface area contributed by atoms with Gasteiger partial charge < -0.3 is 9.47 Å². The molecule has 0 aliphatic carbocycles. The van der Waals surface area contributed by atoms with Crippen molar-refractivity contribution in [1.82, 2.24) is 0 Å². The van der Waals surface area contributed by atoms with Crippen LogP contribution in [0.2, 0.25) is 0 Å². The molecule has 0 aliphatic rings. The van der Waals surface area contributed by atoms with E-state index in [0.717, 1.165) is 19.3 Å². The number of hydrogen-bond acceptors (Lipinski definition) is 3. The average molecular weight is 209 g/mol. The molecule has 0 N–H and O–H groups in total. The van der Waals surface area contributed by atoms with Gasteiger partial charge in [-0.05, 0) is 19.8 Å². The fraction of sp³-hybridized carbons (Fsp3) is 0.889. The smallest absolute Gasteiger partial charge is 0.431 e. The number of rotatable bonds is 6. The van der Waals surface area contributed by atoms with Crippen molar-refractivity contribution in [3.63, 3.8) is 0 Å². The number of halogens is 1. The van der Waals surface area contributed by atoms with Gasteiger partial charge in [-0.25, -0.2) is 4.79 Å². The standard InChI is InChI=1S/C9H17ClO3/c1-3-4-5-6-8(2)13-9(11)12-7-10/h8H,3-7H2,1-2H3. The third kappa shape index (κ3) is 7.91. The van der Waals surface area contributed by atoms with Crippen LogP contribution in [0.4, 0.5) is 4.79 Å². The van der Waals surface area contributed by atoms with Crippen LogP contribution in [0.25, 0.3) is 0 Å². The van der Waals surface area contributed by atoms with Crippen molar-refractivity contribution in [2.24, 2.45) is 0 Å². The van der Waals surface area contributed by atoms with Crippen LogP contribution < -0.4 is 0 Å². The Hall–Kier alpha value is -0.440.